The van der Waals surface area contributed by atoms with Crippen molar-refractivity contribution in [1.82, 2.24) is 9.55 Å². The highest BCUT2D eigenvalue weighted by Crippen LogP contribution is 2.25. The molecule has 0 atom stereocenters. The van der Waals surface area contributed by atoms with Crippen LogP contribution in [0.2, 0.25) is 0 Å². The molecule has 0 aliphatic carbocycles. The zero-order valence-electron chi connectivity index (χ0n) is 13.6. The summed E-state index contributed by atoms with van der Waals surface area (Å²) in [5, 5.41) is 1.28. The highest BCUT2D eigenvalue weighted by molar-refractivity contribution is 7.99. The number of rotatable bonds is 5. The molecule has 1 heterocycles. The van der Waals surface area contributed by atoms with Crippen molar-refractivity contribution in [1.29, 1.82) is 0 Å². The third kappa shape index (κ3) is 3.82. The normalized spacial score (nSPS) is 11.4. The molecule has 0 aliphatic heterocycles. The predicted molar refractivity (Wildman–Crippen MR) is 95.0 cm³/mol. The van der Waals surface area contributed by atoms with Crippen molar-refractivity contribution in [2.24, 2.45) is 0 Å². The molecule has 2 aromatic carbocycles. The van der Waals surface area contributed by atoms with Crippen molar-refractivity contribution in [2.45, 2.75) is 30.9 Å². The summed E-state index contributed by atoms with van der Waals surface area (Å²) in [7, 11) is 0. The van der Waals surface area contributed by atoms with E-state index in [0.29, 0.717) is 21.7 Å². The molecule has 1 aromatic heterocycles. The van der Waals surface area contributed by atoms with Gasteiger partial charge < -0.3 is 4.74 Å². The van der Waals surface area contributed by atoms with E-state index < -0.39 is 6.61 Å². The lowest BCUT2D eigenvalue weighted by Crippen LogP contribution is -2.22. The van der Waals surface area contributed by atoms with Crippen LogP contribution in [0.25, 0.3) is 16.6 Å². The van der Waals surface area contributed by atoms with Crippen molar-refractivity contribution < 1.29 is 13.5 Å². The Morgan fingerprint density at radius 1 is 1.08 bits per heavy atom. The van der Waals surface area contributed by atoms with Crippen LogP contribution in [0.4, 0.5) is 8.78 Å². The molecule has 0 radical (unpaired) electrons. The van der Waals surface area contributed by atoms with Crippen molar-refractivity contribution in [3.63, 3.8) is 0 Å². The van der Waals surface area contributed by atoms with E-state index in [2.05, 4.69) is 9.72 Å². The Balaban J connectivity index is 2.16. The minimum absolute atomic E-state index is 0.0404. The first-order chi connectivity index (χ1) is 12.0. The summed E-state index contributed by atoms with van der Waals surface area (Å²) in [5.41, 5.74) is 0.980. The maximum absolute atomic E-state index is 13.0. The van der Waals surface area contributed by atoms with Crippen LogP contribution < -0.4 is 10.3 Å². The third-order valence-corrected chi connectivity index (χ3v) is 4.36. The average molecular weight is 362 g/mol. The fourth-order valence-electron chi connectivity index (χ4n) is 2.41. The number of hydrogen-bond donors (Lipinski definition) is 0. The van der Waals surface area contributed by atoms with Crippen LogP contribution >= 0.6 is 11.8 Å². The molecule has 0 N–H and O–H groups in total. The number of thioether (sulfide) groups is 1. The Kier molecular flexibility index (Phi) is 5.03. The van der Waals surface area contributed by atoms with Gasteiger partial charge in [-0.15, -0.1) is 0 Å². The van der Waals surface area contributed by atoms with E-state index in [1.54, 1.807) is 30.3 Å². The first kappa shape index (κ1) is 17.4. The maximum Gasteiger partial charge on any atom is 0.387 e. The molecular weight excluding hydrogens is 346 g/mol. The fraction of sp³-hybridized carbons (Fsp3) is 0.222. The molecule has 0 aliphatic rings. The zero-order chi connectivity index (χ0) is 18.0. The molecule has 3 aromatic rings. The van der Waals surface area contributed by atoms with Gasteiger partial charge in [-0.2, -0.15) is 8.78 Å². The van der Waals surface area contributed by atoms with Crippen molar-refractivity contribution >= 4 is 22.7 Å². The van der Waals surface area contributed by atoms with E-state index in [4.69, 9.17) is 0 Å². The SMILES string of the molecule is CC(C)Sc1nc2ccccc2c(=O)n1-c1ccc(OC(F)F)cc1. The smallest absolute Gasteiger partial charge is 0.387 e. The molecular formula is C18H16F2N2O2S. The van der Waals surface area contributed by atoms with Gasteiger partial charge in [-0.25, -0.2) is 4.98 Å². The molecule has 7 heteroatoms. The first-order valence-corrected chi connectivity index (χ1v) is 8.57. The van der Waals surface area contributed by atoms with Gasteiger partial charge in [-0.3, -0.25) is 9.36 Å². The van der Waals surface area contributed by atoms with E-state index >= 15 is 0 Å². The number of ether oxygens (including phenoxy) is 1. The van der Waals surface area contributed by atoms with Gasteiger partial charge in [0.1, 0.15) is 5.75 Å². The van der Waals surface area contributed by atoms with Crippen LogP contribution in [-0.2, 0) is 0 Å². The fourth-order valence-corrected chi connectivity index (χ4v) is 3.27. The molecule has 0 saturated carbocycles. The average Bonchev–Trinajstić information content (AvgIpc) is 2.55. The summed E-state index contributed by atoms with van der Waals surface area (Å²) in [5.74, 6) is 0.0404. The van der Waals surface area contributed by atoms with Gasteiger partial charge in [0, 0.05) is 5.25 Å². The molecule has 3 rings (SSSR count). The van der Waals surface area contributed by atoms with E-state index in [0.717, 1.165) is 0 Å². The number of para-hydroxylation sites is 1. The monoisotopic (exact) mass is 362 g/mol. The second-order valence-electron chi connectivity index (χ2n) is 5.59. The Labute approximate surface area is 147 Å². The van der Waals surface area contributed by atoms with Crippen molar-refractivity contribution in [3.8, 4) is 11.4 Å². The molecule has 0 fully saturated rings. The molecule has 130 valence electrons. The summed E-state index contributed by atoms with van der Waals surface area (Å²) < 4.78 is 30.5. The van der Waals surface area contributed by atoms with Gasteiger partial charge in [-0.05, 0) is 36.4 Å². The van der Waals surface area contributed by atoms with Gasteiger partial charge in [0.15, 0.2) is 5.16 Å². The summed E-state index contributed by atoms with van der Waals surface area (Å²) in [4.78, 5) is 17.6. The van der Waals surface area contributed by atoms with Crippen LogP contribution in [0.5, 0.6) is 5.75 Å². The molecule has 0 amide bonds. The largest absolute Gasteiger partial charge is 0.435 e. The minimum atomic E-state index is -2.89. The van der Waals surface area contributed by atoms with Gasteiger partial charge in [0.25, 0.3) is 5.56 Å². The van der Waals surface area contributed by atoms with Gasteiger partial charge >= 0.3 is 6.61 Å². The molecule has 25 heavy (non-hydrogen) atoms. The van der Waals surface area contributed by atoms with Crippen molar-refractivity contribution in [2.75, 3.05) is 0 Å². The number of halogens is 2. The van der Waals surface area contributed by atoms with E-state index in [-0.39, 0.29) is 16.6 Å². The number of alkyl halides is 2. The standard InChI is InChI=1S/C18H16F2N2O2S/c1-11(2)25-18-21-15-6-4-3-5-14(15)16(23)22(18)12-7-9-13(10-8-12)24-17(19)20/h3-11,17H,1-2H3. The Morgan fingerprint density at radius 3 is 2.40 bits per heavy atom. The molecule has 0 spiro atoms. The van der Waals surface area contributed by atoms with E-state index in [1.165, 1.54) is 28.5 Å². The van der Waals surface area contributed by atoms with Crippen LogP contribution in [-0.4, -0.2) is 21.4 Å². The molecule has 0 unspecified atom stereocenters. The number of fused-ring (bicyclic) bond motifs is 1. The third-order valence-electron chi connectivity index (χ3n) is 3.41. The van der Waals surface area contributed by atoms with Gasteiger partial charge in [-0.1, -0.05) is 37.7 Å². The minimum Gasteiger partial charge on any atom is -0.435 e. The quantitative estimate of drug-likeness (QED) is 0.496. The number of aromatic nitrogens is 2. The number of hydrogen-bond acceptors (Lipinski definition) is 4. The highest BCUT2D eigenvalue weighted by Gasteiger charge is 2.15. The summed E-state index contributed by atoms with van der Waals surface area (Å²) >= 11 is 1.46. The van der Waals surface area contributed by atoms with Crippen LogP contribution in [0.15, 0.2) is 58.5 Å². The van der Waals surface area contributed by atoms with Crippen LogP contribution in [0, 0.1) is 0 Å². The van der Waals surface area contributed by atoms with Crippen LogP contribution in [0.3, 0.4) is 0 Å². The number of benzene rings is 2. The Morgan fingerprint density at radius 2 is 1.76 bits per heavy atom. The topological polar surface area (TPSA) is 44.1 Å². The maximum atomic E-state index is 13.0. The Bertz CT molecular complexity index is 940. The molecule has 0 saturated heterocycles. The second-order valence-corrected chi connectivity index (χ2v) is 7.13. The van der Waals surface area contributed by atoms with Crippen molar-refractivity contribution in [3.05, 3.63) is 58.9 Å². The van der Waals surface area contributed by atoms with Crippen LogP contribution in [0.1, 0.15) is 13.8 Å². The predicted octanol–water partition coefficient (Wildman–Crippen LogP) is 4.49. The van der Waals surface area contributed by atoms with E-state index in [1.807, 2.05) is 19.9 Å². The summed E-state index contributed by atoms with van der Waals surface area (Å²) in [6.45, 7) is 1.13. The molecule has 0 bridgehead atoms. The van der Waals surface area contributed by atoms with E-state index in [9.17, 15) is 13.6 Å². The second kappa shape index (κ2) is 7.23. The summed E-state index contributed by atoms with van der Waals surface area (Å²) in [6, 6.07) is 13.1. The summed E-state index contributed by atoms with van der Waals surface area (Å²) in [6.07, 6.45) is 0. The Hall–Kier alpha value is -2.41. The number of nitrogens with zero attached hydrogens (tertiary/aromatic N) is 2. The van der Waals surface area contributed by atoms with Gasteiger partial charge in [0.2, 0.25) is 0 Å². The lowest BCUT2D eigenvalue weighted by Gasteiger charge is -2.15. The zero-order valence-corrected chi connectivity index (χ0v) is 14.5. The molecule has 4 nitrogen and oxygen atoms in total. The highest BCUT2D eigenvalue weighted by atomic mass is 32.2. The first-order valence-electron chi connectivity index (χ1n) is 7.69. The lowest BCUT2D eigenvalue weighted by molar-refractivity contribution is -0.0498. The van der Waals surface area contributed by atoms with Gasteiger partial charge in [0.05, 0.1) is 16.6 Å². The lowest BCUT2D eigenvalue weighted by atomic mass is 10.2.